The molecule has 0 fully saturated rings. The van der Waals surface area contributed by atoms with Crippen LogP contribution < -0.4 is 0 Å². The highest BCUT2D eigenvalue weighted by molar-refractivity contribution is 5.76. The third kappa shape index (κ3) is 3.58. The van der Waals surface area contributed by atoms with E-state index in [0.29, 0.717) is 6.61 Å². The minimum absolute atomic E-state index is 0.198. The molecule has 3 nitrogen and oxygen atoms in total. The third-order valence-electron chi connectivity index (χ3n) is 3.45. The monoisotopic (exact) mass is 254 g/mol. The van der Waals surface area contributed by atoms with Crippen LogP contribution >= 0.6 is 0 Å². The van der Waals surface area contributed by atoms with Gasteiger partial charge in [0, 0.05) is 0 Å². The summed E-state index contributed by atoms with van der Waals surface area (Å²) < 4.78 is 11.3. The lowest BCUT2D eigenvalue weighted by atomic mass is 9.83. The molecule has 0 N–H and O–H groups in total. The lowest BCUT2D eigenvalue weighted by Crippen LogP contribution is -2.49. The van der Waals surface area contributed by atoms with Gasteiger partial charge in [0.2, 0.25) is 0 Å². The van der Waals surface area contributed by atoms with Gasteiger partial charge in [-0.2, -0.15) is 0 Å². The average Bonchev–Trinajstić information content (AvgIpc) is 2.25. The number of esters is 1. The zero-order valence-electron chi connectivity index (χ0n) is 12.3. The molecule has 2 atom stereocenters. The van der Waals surface area contributed by atoms with Gasteiger partial charge >= 0.3 is 5.97 Å². The van der Waals surface area contributed by atoms with Crippen LogP contribution in [-0.4, -0.2) is 23.8 Å². The van der Waals surface area contributed by atoms with Crippen LogP contribution in [0, 0.1) is 5.92 Å². The minimum atomic E-state index is -0.510. The molecule has 3 heteroatoms. The first kappa shape index (κ1) is 15.2. The van der Waals surface area contributed by atoms with Crippen LogP contribution in [-0.2, 0) is 14.3 Å². The van der Waals surface area contributed by atoms with E-state index in [1.54, 1.807) is 0 Å². The van der Waals surface area contributed by atoms with Crippen LogP contribution in [0.25, 0.3) is 0 Å². The summed E-state index contributed by atoms with van der Waals surface area (Å²) in [6.45, 7) is 10.4. The van der Waals surface area contributed by atoms with Crippen molar-refractivity contribution < 1.29 is 14.3 Å². The molecule has 1 aliphatic heterocycles. The van der Waals surface area contributed by atoms with Crippen molar-refractivity contribution >= 4 is 5.97 Å². The van der Waals surface area contributed by atoms with E-state index >= 15 is 0 Å². The van der Waals surface area contributed by atoms with Gasteiger partial charge in [0.25, 0.3) is 0 Å². The molecule has 18 heavy (non-hydrogen) atoms. The van der Waals surface area contributed by atoms with Gasteiger partial charge in [0.15, 0.2) is 0 Å². The van der Waals surface area contributed by atoms with E-state index in [2.05, 4.69) is 13.8 Å². The molecule has 0 saturated heterocycles. The number of carbonyl (C=O) groups is 1. The third-order valence-corrected chi connectivity index (χ3v) is 3.45. The van der Waals surface area contributed by atoms with E-state index in [9.17, 15) is 4.79 Å². The summed E-state index contributed by atoms with van der Waals surface area (Å²) in [6, 6.07) is 0. The van der Waals surface area contributed by atoms with Gasteiger partial charge in [-0.3, -0.25) is 4.79 Å². The molecule has 0 spiro atoms. The highest BCUT2D eigenvalue weighted by Gasteiger charge is 2.43. The maximum Gasteiger partial charge on any atom is 0.315 e. The summed E-state index contributed by atoms with van der Waals surface area (Å²) >= 11 is 0. The van der Waals surface area contributed by atoms with Crippen molar-refractivity contribution in [3.05, 3.63) is 12.2 Å². The molecule has 104 valence electrons. The zero-order valence-corrected chi connectivity index (χ0v) is 12.3. The van der Waals surface area contributed by atoms with Crippen molar-refractivity contribution in [2.45, 2.75) is 65.1 Å². The van der Waals surface area contributed by atoms with Gasteiger partial charge in [0.05, 0.1) is 17.8 Å². The van der Waals surface area contributed by atoms with Crippen molar-refractivity contribution in [1.29, 1.82) is 0 Å². The van der Waals surface area contributed by atoms with Crippen molar-refractivity contribution in [3.63, 3.8) is 0 Å². The molecule has 0 aromatic carbocycles. The Balaban J connectivity index is 2.82. The maximum absolute atomic E-state index is 11.9. The summed E-state index contributed by atoms with van der Waals surface area (Å²) in [6.07, 6.45) is 7.24. The Bertz CT molecular complexity index is 320. The summed E-state index contributed by atoms with van der Waals surface area (Å²) in [5.41, 5.74) is -0.772. The minimum Gasteiger partial charge on any atom is -0.465 e. The SMILES string of the molecule is CCCC[C@]1(C)C=C[C@@H](C(=O)OCC)C(C)(C)O1. The first-order chi connectivity index (χ1) is 8.34. The topological polar surface area (TPSA) is 35.5 Å². The van der Waals surface area contributed by atoms with Crippen LogP contribution in [0.3, 0.4) is 0 Å². The predicted molar refractivity (Wildman–Crippen MR) is 72.4 cm³/mol. The fourth-order valence-corrected chi connectivity index (χ4v) is 2.49. The summed E-state index contributed by atoms with van der Waals surface area (Å²) in [5, 5.41) is 0. The lowest BCUT2D eigenvalue weighted by Gasteiger charge is -2.43. The molecule has 0 radical (unpaired) electrons. The van der Waals surface area contributed by atoms with Gasteiger partial charge < -0.3 is 9.47 Å². The maximum atomic E-state index is 11.9. The van der Waals surface area contributed by atoms with E-state index in [0.717, 1.165) is 19.3 Å². The zero-order chi connectivity index (χ0) is 13.8. The van der Waals surface area contributed by atoms with E-state index in [4.69, 9.17) is 9.47 Å². The Morgan fingerprint density at radius 2 is 2.00 bits per heavy atom. The molecule has 1 heterocycles. The van der Waals surface area contributed by atoms with Crippen LogP contribution in [0.4, 0.5) is 0 Å². The number of ether oxygens (including phenoxy) is 2. The van der Waals surface area contributed by atoms with Gasteiger partial charge in [-0.1, -0.05) is 31.9 Å². The summed E-state index contributed by atoms with van der Waals surface area (Å²) in [4.78, 5) is 11.9. The summed E-state index contributed by atoms with van der Waals surface area (Å²) in [5.74, 6) is -0.511. The van der Waals surface area contributed by atoms with Crippen molar-refractivity contribution in [2.75, 3.05) is 6.61 Å². The number of hydrogen-bond acceptors (Lipinski definition) is 3. The molecule has 0 aromatic rings. The number of hydrogen-bond donors (Lipinski definition) is 0. The second-order valence-electron chi connectivity index (χ2n) is 5.71. The molecule has 1 aliphatic rings. The normalized spacial score (nSPS) is 30.2. The Kier molecular flexibility index (Phi) is 4.97. The number of unbranched alkanes of at least 4 members (excludes halogenated alkanes) is 1. The van der Waals surface area contributed by atoms with Gasteiger partial charge in [-0.25, -0.2) is 0 Å². The molecule has 0 saturated carbocycles. The fourth-order valence-electron chi connectivity index (χ4n) is 2.49. The van der Waals surface area contributed by atoms with E-state index < -0.39 is 5.60 Å². The summed E-state index contributed by atoms with van der Waals surface area (Å²) in [7, 11) is 0. The Hall–Kier alpha value is -0.830. The van der Waals surface area contributed by atoms with E-state index in [1.807, 2.05) is 32.9 Å². The van der Waals surface area contributed by atoms with Crippen molar-refractivity contribution in [2.24, 2.45) is 5.92 Å². The Labute approximate surface area is 111 Å². The second kappa shape index (κ2) is 5.87. The average molecular weight is 254 g/mol. The highest BCUT2D eigenvalue weighted by Crippen LogP contribution is 2.37. The molecule has 0 aliphatic carbocycles. The molecule has 0 amide bonds. The smallest absolute Gasteiger partial charge is 0.315 e. The van der Waals surface area contributed by atoms with Crippen molar-refractivity contribution in [3.8, 4) is 0 Å². The Morgan fingerprint density at radius 1 is 1.33 bits per heavy atom. The largest absolute Gasteiger partial charge is 0.465 e. The standard InChI is InChI=1S/C15H26O3/c1-6-8-10-15(5)11-9-12(13(16)17-7-2)14(3,4)18-15/h9,11-12H,6-8,10H2,1-5H3/t12-,15+/m0/s1. The van der Waals surface area contributed by atoms with Crippen LogP contribution in [0.5, 0.6) is 0 Å². The van der Waals surface area contributed by atoms with Crippen LogP contribution in [0.1, 0.15) is 53.9 Å². The molecule has 1 rings (SSSR count). The number of rotatable bonds is 5. The molecular formula is C15H26O3. The fraction of sp³-hybridized carbons (Fsp3) is 0.800. The lowest BCUT2D eigenvalue weighted by molar-refractivity contribution is -0.173. The molecule has 0 unspecified atom stereocenters. The van der Waals surface area contributed by atoms with Gasteiger partial charge in [-0.15, -0.1) is 0 Å². The first-order valence-electron chi connectivity index (χ1n) is 6.91. The van der Waals surface area contributed by atoms with Crippen molar-refractivity contribution in [1.82, 2.24) is 0 Å². The van der Waals surface area contributed by atoms with Crippen LogP contribution in [0.2, 0.25) is 0 Å². The molecular weight excluding hydrogens is 228 g/mol. The van der Waals surface area contributed by atoms with Gasteiger partial charge in [0.1, 0.15) is 5.92 Å². The first-order valence-corrected chi connectivity index (χ1v) is 6.91. The van der Waals surface area contributed by atoms with Gasteiger partial charge in [-0.05, 0) is 34.1 Å². The Morgan fingerprint density at radius 3 is 2.50 bits per heavy atom. The molecule has 0 aromatic heterocycles. The quantitative estimate of drug-likeness (QED) is 0.556. The van der Waals surface area contributed by atoms with E-state index in [-0.39, 0.29) is 17.5 Å². The second-order valence-corrected chi connectivity index (χ2v) is 5.71. The van der Waals surface area contributed by atoms with Crippen LogP contribution in [0.15, 0.2) is 12.2 Å². The highest BCUT2D eigenvalue weighted by atomic mass is 16.5. The predicted octanol–water partition coefficient (Wildman–Crippen LogP) is 3.48. The molecule has 0 bridgehead atoms. The number of carbonyl (C=O) groups excluding carboxylic acids is 1. The van der Waals surface area contributed by atoms with E-state index in [1.165, 1.54) is 0 Å².